The summed E-state index contributed by atoms with van der Waals surface area (Å²) in [5, 5.41) is 10.2. The predicted molar refractivity (Wildman–Crippen MR) is 282 cm³/mol. The minimum absolute atomic E-state index is 0.225. The van der Waals surface area contributed by atoms with Gasteiger partial charge in [0.05, 0.1) is 16.7 Å². The minimum Gasteiger partial charge on any atom is -0.310 e. The maximum Gasteiger partial charge on any atom is 0.0554 e. The van der Waals surface area contributed by atoms with Gasteiger partial charge in [-0.25, -0.2) is 0 Å². The van der Waals surface area contributed by atoms with Crippen LogP contribution in [0.2, 0.25) is 0 Å². The summed E-state index contributed by atoms with van der Waals surface area (Å²) in [5.41, 5.74) is 14.7. The van der Waals surface area contributed by atoms with Gasteiger partial charge in [-0.05, 0) is 129 Å². The quantitative estimate of drug-likeness (QED) is 0.167. The second-order valence-corrected chi connectivity index (χ2v) is 20.2. The molecule has 0 saturated carbocycles. The van der Waals surface area contributed by atoms with Gasteiger partial charge in [0.1, 0.15) is 0 Å². The summed E-state index contributed by atoms with van der Waals surface area (Å²) in [6.07, 6.45) is 0. The van der Waals surface area contributed by atoms with E-state index in [0.29, 0.717) is 0 Å². The summed E-state index contributed by atoms with van der Waals surface area (Å²) >= 11 is 3.75. The lowest BCUT2D eigenvalue weighted by Crippen LogP contribution is -2.17. The van der Waals surface area contributed by atoms with Crippen LogP contribution in [-0.4, -0.2) is 4.57 Å². The topological polar surface area (TPSA) is 8.17 Å². The van der Waals surface area contributed by atoms with E-state index in [1.807, 2.05) is 22.7 Å². The fraction of sp³-hybridized carbons (Fsp3) is 0.0492. The molecule has 65 heavy (non-hydrogen) atoms. The van der Waals surface area contributed by atoms with E-state index in [2.05, 4.69) is 230 Å². The number of rotatable bonds is 5. The van der Waals surface area contributed by atoms with E-state index >= 15 is 0 Å². The Balaban J connectivity index is 1.06. The van der Waals surface area contributed by atoms with Crippen molar-refractivity contribution in [1.29, 1.82) is 0 Å². The Kier molecular flexibility index (Phi) is 7.81. The molecule has 4 heteroatoms. The predicted octanol–water partition coefficient (Wildman–Crippen LogP) is 18.1. The van der Waals surface area contributed by atoms with Crippen LogP contribution in [-0.2, 0) is 5.41 Å². The molecule has 0 spiro atoms. The third kappa shape index (κ3) is 5.39. The molecule has 0 radical (unpaired) electrons. The molecule has 0 N–H and O–H groups in total. The van der Waals surface area contributed by atoms with Crippen LogP contribution in [0.4, 0.5) is 17.1 Å². The van der Waals surface area contributed by atoms with E-state index in [1.54, 1.807) is 0 Å². The summed E-state index contributed by atoms with van der Waals surface area (Å²) in [7, 11) is 0. The number of aromatic nitrogens is 1. The molecule has 13 aromatic rings. The van der Waals surface area contributed by atoms with Crippen LogP contribution in [0.25, 0.3) is 101 Å². The highest BCUT2D eigenvalue weighted by molar-refractivity contribution is 7.26. The van der Waals surface area contributed by atoms with E-state index in [-0.39, 0.29) is 5.41 Å². The number of hydrogen-bond acceptors (Lipinski definition) is 3. The first-order valence-corrected chi connectivity index (χ1v) is 24.0. The van der Waals surface area contributed by atoms with Crippen LogP contribution in [0.3, 0.4) is 0 Å². The van der Waals surface area contributed by atoms with Gasteiger partial charge in [-0.1, -0.05) is 135 Å². The van der Waals surface area contributed by atoms with Gasteiger partial charge in [-0.2, -0.15) is 0 Å². The molecular weight excluding hydrogens is 825 g/mol. The van der Waals surface area contributed by atoms with Crippen molar-refractivity contribution in [3.8, 4) is 27.9 Å². The zero-order chi connectivity index (χ0) is 43.0. The van der Waals surface area contributed by atoms with Crippen LogP contribution in [0.1, 0.15) is 25.0 Å². The van der Waals surface area contributed by atoms with Gasteiger partial charge in [0.2, 0.25) is 0 Å². The van der Waals surface area contributed by atoms with Crippen LogP contribution in [0, 0.1) is 0 Å². The second-order valence-electron chi connectivity index (χ2n) is 18.1. The molecule has 0 bridgehead atoms. The fourth-order valence-corrected chi connectivity index (χ4v) is 13.4. The number of para-hydroxylation sites is 1. The van der Waals surface area contributed by atoms with Crippen molar-refractivity contribution in [1.82, 2.24) is 4.57 Å². The first-order valence-electron chi connectivity index (χ1n) is 22.4. The molecule has 0 unspecified atom stereocenters. The van der Waals surface area contributed by atoms with Gasteiger partial charge in [0.25, 0.3) is 0 Å². The lowest BCUT2D eigenvalue weighted by Gasteiger charge is -2.30. The molecule has 0 aliphatic heterocycles. The number of fused-ring (bicyclic) bond motifs is 13. The molecule has 0 saturated heterocycles. The van der Waals surface area contributed by atoms with E-state index in [1.165, 1.54) is 118 Å². The van der Waals surface area contributed by atoms with Gasteiger partial charge in [0, 0.05) is 73.6 Å². The Hall–Kier alpha value is -7.50. The van der Waals surface area contributed by atoms with Crippen LogP contribution < -0.4 is 4.90 Å². The number of hydrogen-bond donors (Lipinski definition) is 0. The minimum atomic E-state index is -0.225. The summed E-state index contributed by atoms with van der Waals surface area (Å²) in [6, 6.07) is 77.3. The van der Waals surface area contributed by atoms with Gasteiger partial charge < -0.3 is 9.47 Å². The molecule has 3 aromatic heterocycles. The first kappa shape index (κ1) is 36.9. The van der Waals surface area contributed by atoms with Gasteiger partial charge in [0.15, 0.2) is 0 Å². The Labute approximate surface area is 384 Å². The highest BCUT2D eigenvalue weighted by Gasteiger charge is 2.38. The third-order valence-electron chi connectivity index (χ3n) is 14.1. The largest absolute Gasteiger partial charge is 0.310 e. The van der Waals surface area contributed by atoms with Crippen molar-refractivity contribution in [2.75, 3.05) is 4.90 Å². The van der Waals surface area contributed by atoms with E-state index in [9.17, 15) is 0 Å². The molecular formula is C61H40N2S2. The smallest absolute Gasteiger partial charge is 0.0554 e. The zero-order valence-corrected chi connectivity index (χ0v) is 37.5. The molecule has 1 aliphatic rings. The van der Waals surface area contributed by atoms with Crippen molar-refractivity contribution >= 4 is 113 Å². The molecule has 306 valence electrons. The molecule has 2 nitrogen and oxygen atoms in total. The van der Waals surface area contributed by atoms with Gasteiger partial charge >= 0.3 is 0 Å². The van der Waals surface area contributed by atoms with Gasteiger partial charge in [-0.3, -0.25) is 0 Å². The lowest BCUT2D eigenvalue weighted by atomic mass is 9.78. The Morgan fingerprint density at radius 1 is 0.415 bits per heavy atom. The van der Waals surface area contributed by atoms with Crippen molar-refractivity contribution in [2.45, 2.75) is 19.3 Å². The summed E-state index contributed by atoms with van der Waals surface area (Å²) in [6.45, 7) is 4.83. The first-order chi connectivity index (χ1) is 32.0. The van der Waals surface area contributed by atoms with Crippen molar-refractivity contribution in [3.63, 3.8) is 0 Å². The Bertz CT molecular complexity index is 4120. The number of thiophene rings is 2. The summed E-state index contributed by atoms with van der Waals surface area (Å²) in [5.74, 6) is 0. The van der Waals surface area contributed by atoms with Crippen molar-refractivity contribution in [2.24, 2.45) is 0 Å². The fourth-order valence-electron chi connectivity index (χ4n) is 11.2. The Morgan fingerprint density at radius 2 is 1.09 bits per heavy atom. The molecule has 14 rings (SSSR count). The Morgan fingerprint density at radius 3 is 1.98 bits per heavy atom. The summed E-state index contributed by atoms with van der Waals surface area (Å²) < 4.78 is 7.65. The molecule has 10 aromatic carbocycles. The molecule has 3 heterocycles. The van der Waals surface area contributed by atoms with Crippen LogP contribution in [0.5, 0.6) is 0 Å². The number of nitrogens with zero attached hydrogens (tertiary/aromatic N) is 2. The van der Waals surface area contributed by atoms with Crippen molar-refractivity contribution < 1.29 is 0 Å². The average molecular weight is 865 g/mol. The average Bonchev–Trinajstić information content (AvgIpc) is 4.08. The zero-order valence-electron chi connectivity index (χ0n) is 35.8. The maximum absolute atomic E-state index is 2.55. The van der Waals surface area contributed by atoms with Crippen molar-refractivity contribution in [3.05, 3.63) is 217 Å². The highest BCUT2D eigenvalue weighted by Crippen LogP contribution is 2.56. The molecule has 0 atom stereocenters. The lowest BCUT2D eigenvalue weighted by molar-refractivity contribution is 0.662. The molecule has 0 amide bonds. The SMILES string of the molecule is CC1(C)c2ccccc2-c2cc(N(c3ccc4sc5ccccc5c4c3)c3cccc4sc5ccccc5c34)cc(-c3ccc4c(c3)c3ccccc3n4-c3ccc4ccccc4c3)c21. The number of anilines is 3. The highest BCUT2D eigenvalue weighted by atomic mass is 32.1. The van der Waals surface area contributed by atoms with Gasteiger partial charge in [-0.15, -0.1) is 22.7 Å². The third-order valence-corrected chi connectivity index (χ3v) is 16.4. The van der Waals surface area contributed by atoms with E-state index in [4.69, 9.17) is 0 Å². The van der Waals surface area contributed by atoms with E-state index < -0.39 is 0 Å². The van der Waals surface area contributed by atoms with Crippen LogP contribution >= 0.6 is 22.7 Å². The maximum atomic E-state index is 2.55. The standard InChI is InChI=1S/C61H40N2S2/c1-61(2)51-20-9-5-16-43(51)50-36-42(35-47(60(50)61)39-27-30-53-48(33-39)44-17-6-10-21-52(44)63(53)40-28-26-37-14-3-4-15-38(37)32-40)62(41-29-31-57-49(34-41)45-18-7-11-23-55(45)64-57)54-22-13-25-58-59(54)46-19-8-12-24-56(46)65-58/h3-36H,1-2H3. The summed E-state index contributed by atoms with van der Waals surface area (Å²) in [4.78, 5) is 2.55. The second kappa shape index (κ2) is 13.8. The van der Waals surface area contributed by atoms with Crippen LogP contribution in [0.15, 0.2) is 206 Å². The normalized spacial score (nSPS) is 13.2. The number of benzene rings is 10. The molecule has 0 fully saturated rings. The monoisotopic (exact) mass is 864 g/mol. The molecule has 1 aliphatic carbocycles. The van der Waals surface area contributed by atoms with E-state index in [0.717, 1.165) is 11.4 Å².